The third-order valence-electron chi connectivity index (χ3n) is 2.89. The predicted octanol–water partition coefficient (Wildman–Crippen LogP) is 3.87. The number of nitrogens with one attached hydrogen (secondary N) is 2. The summed E-state index contributed by atoms with van der Waals surface area (Å²) in [4.78, 5) is 15.9. The van der Waals surface area contributed by atoms with Crippen molar-refractivity contribution in [1.82, 2.24) is 10.3 Å². The molecule has 112 valence electrons. The number of halogens is 3. The summed E-state index contributed by atoms with van der Waals surface area (Å²) in [6.45, 7) is 1.73. The molecule has 1 atom stereocenters. The normalized spacial score (nSPS) is 13.0. The molecule has 1 aromatic heterocycles. The van der Waals surface area contributed by atoms with Crippen molar-refractivity contribution < 1.29 is 4.79 Å². The van der Waals surface area contributed by atoms with Crippen LogP contribution in [-0.4, -0.2) is 20.8 Å². The molecule has 1 amide bonds. The van der Waals surface area contributed by atoms with Gasteiger partial charge in [0, 0.05) is 18.0 Å². The van der Waals surface area contributed by atoms with E-state index in [-0.39, 0.29) is 5.91 Å². The zero-order chi connectivity index (χ0) is 15.5. The van der Waals surface area contributed by atoms with Gasteiger partial charge in [0.25, 0.3) is 0 Å². The van der Waals surface area contributed by atoms with E-state index in [1.165, 1.54) is 0 Å². The number of alkyl halides is 3. The summed E-state index contributed by atoms with van der Waals surface area (Å²) >= 11 is 17.8. The second kappa shape index (κ2) is 6.69. The molecule has 0 aliphatic heterocycles. The van der Waals surface area contributed by atoms with E-state index in [9.17, 15) is 4.79 Å². The van der Waals surface area contributed by atoms with E-state index in [0.717, 1.165) is 10.9 Å². The summed E-state index contributed by atoms with van der Waals surface area (Å²) in [7, 11) is 0. The molecule has 0 fully saturated rings. The second-order valence-electron chi connectivity index (χ2n) is 4.42. The summed E-state index contributed by atoms with van der Waals surface area (Å²) in [5.74, 6) is -0.216. The van der Waals surface area contributed by atoms with E-state index in [1.54, 1.807) is 13.1 Å². The van der Waals surface area contributed by atoms with E-state index in [0.29, 0.717) is 12.1 Å². The molecule has 0 saturated carbocycles. The van der Waals surface area contributed by atoms with Gasteiger partial charge in [-0.15, -0.1) is 0 Å². The standard InChI is InChI=1S/C14H14Cl3N3O/c1-2-11(21)20-13(14(15,16)17)19-10-7-3-5-9-6-4-8-18-12(9)10/h3-8,13,19H,2H2,1H3,(H,20,21). The van der Waals surface area contributed by atoms with Crippen molar-refractivity contribution in [2.45, 2.75) is 23.3 Å². The molecule has 7 heteroatoms. The molecule has 0 spiro atoms. The Morgan fingerprint density at radius 1 is 1.29 bits per heavy atom. The minimum atomic E-state index is -1.69. The van der Waals surface area contributed by atoms with Crippen molar-refractivity contribution in [3.63, 3.8) is 0 Å². The van der Waals surface area contributed by atoms with E-state index < -0.39 is 9.96 Å². The van der Waals surface area contributed by atoms with Gasteiger partial charge in [0.15, 0.2) is 0 Å². The van der Waals surface area contributed by atoms with Crippen LogP contribution < -0.4 is 10.6 Å². The van der Waals surface area contributed by atoms with Crippen LogP contribution in [0.5, 0.6) is 0 Å². The highest BCUT2D eigenvalue weighted by Crippen LogP contribution is 2.32. The summed E-state index contributed by atoms with van der Waals surface area (Å²) < 4.78 is -1.69. The first-order chi connectivity index (χ1) is 9.91. The van der Waals surface area contributed by atoms with Crippen molar-refractivity contribution in [2.75, 3.05) is 5.32 Å². The van der Waals surface area contributed by atoms with Gasteiger partial charge in [-0.1, -0.05) is 59.9 Å². The third kappa shape index (κ3) is 4.13. The maximum atomic E-state index is 11.6. The van der Waals surface area contributed by atoms with Crippen LogP contribution in [0.2, 0.25) is 0 Å². The molecule has 4 nitrogen and oxygen atoms in total. The lowest BCUT2D eigenvalue weighted by Gasteiger charge is -2.27. The van der Waals surface area contributed by atoms with Crippen molar-refractivity contribution in [1.29, 1.82) is 0 Å². The van der Waals surface area contributed by atoms with Gasteiger partial charge < -0.3 is 10.6 Å². The lowest BCUT2D eigenvalue weighted by molar-refractivity contribution is -0.121. The van der Waals surface area contributed by atoms with E-state index in [2.05, 4.69) is 15.6 Å². The number of anilines is 1. The number of para-hydroxylation sites is 1. The van der Waals surface area contributed by atoms with Crippen LogP contribution in [0.15, 0.2) is 36.5 Å². The van der Waals surface area contributed by atoms with Crippen molar-refractivity contribution in [3.8, 4) is 0 Å². The monoisotopic (exact) mass is 345 g/mol. The molecule has 0 aliphatic rings. The van der Waals surface area contributed by atoms with E-state index >= 15 is 0 Å². The lowest BCUT2D eigenvalue weighted by atomic mass is 10.2. The molecule has 0 radical (unpaired) electrons. The van der Waals surface area contributed by atoms with Crippen molar-refractivity contribution in [3.05, 3.63) is 36.5 Å². The Hall–Kier alpha value is -1.23. The molecular weight excluding hydrogens is 333 g/mol. The van der Waals surface area contributed by atoms with Crippen LogP contribution in [0, 0.1) is 0 Å². The quantitative estimate of drug-likeness (QED) is 0.653. The van der Waals surface area contributed by atoms with Gasteiger partial charge in [-0.3, -0.25) is 9.78 Å². The minimum absolute atomic E-state index is 0.216. The van der Waals surface area contributed by atoms with Crippen molar-refractivity contribution in [2.24, 2.45) is 0 Å². The molecule has 1 aromatic carbocycles. The molecule has 0 aliphatic carbocycles. The molecule has 2 aromatic rings. The number of amides is 1. The number of hydrogen-bond donors (Lipinski definition) is 2. The summed E-state index contributed by atoms with van der Waals surface area (Å²) in [6, 6.07) is 9.39. The highest BCUT2D eigenvalue weighted by atomic mass is 35.6. The lowest BCUT2D eigenvalue weighted by Crippen LogP contribution is -2.49. The first-order valence-corrected chi connectivity index (χ1v) is 7.51. The molecule has 21 heavy (non-hydrogen) atoms. The summed E-state index contributed by atoms with van der Waals surface area (Å²) in [5.41, 5.74) is 1.42. The van der Waals surface area contributed by atoms with Crippen LogP contribution in [0.1, 0.15) is 13.3 Å². The number of pyridine rings is 1. The Kier molecular flexibility index (Phi) is 5.14. The zero-order valence-electron chi connectivity index (χ0n) is 11.2. The second-order valence-corrected chi connectivity index (χ2v) is 6.79. The van der Waals surface area contributed by atoms with Gasteiger partial charge in [-0.05, 0) is 12.1 Å². The van der Waals surface area contributed by atoms with Gasteiger partial charge >= 0.3 is 0 Å². The maximum absolute atomic E-state index is 11.6. The van der Waals surface area contributed by atoms with Gasteiger partial charge in [0.1, 0.15) is 6.17 Å². The van der Waals surface area contributed by atoms with Crippen LogP contribution >= 0.6 is 34.8 Å². The van der Waals surface area contributed by atoms with E-state index in [1.807, 2.05) is 30.3 Å². The Morgan fingerprint density at radius 2 is 2.00 bits per heavy atom. The first-order valence-electron chi connectivity index (χ1n) is 6.38. The molecule has 0 bridgehead atoms. The molecule has 2 N–H and O–H groups in total. The average Bonchev–Trinajstić information content (AvgIpc) is 2.45. The molecule has 1 unspecified atom stereocenters. The van der Waals surface area contributed by atoms with E-state index in [4.69, 9.17) is 34.8 Å². The zero-order valence-corrected chi connectivity index (χ0v) is 13.5. The summed E-state index contributed by atoms with van der Waals surface area (Å²) in [5, 5.41) is 6.63. The number of rotatable bonds is 4. The number of carbonyl (C=O) groups excluding carboxylic acids is 1. The fourth-order valence-electron chi connectivity index (χ4n) is 1.84. The largest absolute Gasteiger partial charge is 0.360 e. The molecule has 2 rings (SSSR count). The van der Waals surface area contributed by atoms with Crippen LogP contribution in [0.3, 0.4) is 0 Å². The third-order valence-corrected chi connectivity index (χ3v) is 3.54. The van der Waals surface area contributed by atoms with Crippen LogP contribution in [-0.2, 0) is 4.79 Å². The Labute approximate surface area is 137 Å². The van der Waals surface area contributed by atoms with Crippen LogP contribution in [0.4, 0.5) is 5.69 Å². The topological polar surface area (TPSA) is 54.0 Å². The predicted molar refractivity (Wildman–Crippen MR) is 87.9 cm³/mol. The Morgan fingerprint density at radius 3 is 2.67 bits per heavy atom. The number of benzene rings is 1. The Bertz CT molecular complexity index is 637. The SMILES string of the molecule is CCC(=O)NC(Nc1cccc2cccnc12)C(Cl)(Cl)Cl. The van der Waals surface area contributed by atoms with Gasteiger partial charge in [-0.25, -0.2) is 0 Å². The van der Waals surface area contributed by atoms with Gasteiger partial charge in [0.05, 0.1) is 11.2 Å². The maximum Gasteiger partial charge on any atom is 0.228 e. The number of carbonyl (C=O) groups is 1. The summed E-state index contributed by atoms with van der Waals surface area (Å²) in [6.07, 6.45) is 1.12. The fraction of sp³-hybridized carbons (Fsp3) is 0.286. The number of fused-ring (bicyclic) bond motifs is 1. The first kappa shape index (κ1) is 16.1. The molecule has 1 heterocycles. The molecular formula is C14H14Cl3N3O. The highest BCUT2D eigenvalue weighted by molar-refractivity contribution is 6.68. The Balaban J connectivity index is 2.32. The number of hydrogen-bond acceptors (Lipinski definition) is 3. The minimum Gasteiger partial charge on any atom is -0.360 e. The number of aromatic nitrogens is 1. The average molecular weight is 347 g/mol. The van der Waals surface area contributed by atoms with Crippen LogP contribution in [0.25, 0.3) is 10.9 Å². The fourth-order valence-corrected chi connectivity index (χ4v) is 2.17. The smallest absolute Gasteiger partial charge is 0.228 e. The van der Waals surface area contributed by atoms with Gasteiger partial charge in [0.2, 0.25) is 9.70 Å². The highest BCUT2D eigenvalue weighted by Gasteiger charge is 2.34. The molecule has 0 saturated heterocycles. The van der Waals surface area contributed by atoms with Gasteiger partial charge in [-0.2, -0.15) is 0 Å². The van der Waals surface area contributed by atoms with Crippen molar-refractivity contribution >= 4 is 57.3 Å². The number of nitrogens with zero attached hydrogens (tertiary/aromatic N) is 1.